The normalized spacial score (nSPS) is 23.5. The summed E-state index contributed by atoms with van der Waals surface area (Å²) >= 11 is 0. The summed E-state index contributed by atoms with van der Waals surface area (Å²) in [5.41, 5.74) is -1.45. The third-order valence-electron chi connectivity index (χ3n) is 4.30. The molecule has 1 aromatic rings. The van der Waals surface area contributed by atoms with Crippen molar-refractivity contribution in [1.82, 2.24) is 0 Å². The van der Waals surface area contributed by atoms with Gasteiger partial charge in [-0.15, -0.1) is 0 Å². The van der Waals surface area contributed by atoms with Gasteiger partial charge in [-0.1, -0.05) is 0 Å². The SMILES string of the molecule is COc1cc(F)c(OC2CCC(OC)(C(=O)O)CC2)cc1C(=O)O. The van der Waals surface area contributed by atoms with E-state index in [-0.39, 0.29) is 29.9 Å². The maximum absolute atomic E-state index is 14.1. The number of ether oxygens (including phenoxy) is 3. The smallest absolute Gasteiger partial charge is 0.339 e. The van der Waals surface area contributed by atoms with E-state index in [0.717, 1.165) is 12.1 Å². The van der Waals surface area contributed by atoms with E-state index >= 15 is 0 Å². The van der Waals surface area contributed by atoms with Crippen molar-refractivity contribution in [2.45, 2.75) is 37.4 Å². The van der Waals surface area contributed by atoms with Crippen molar-refractivity contribution in [1.29, 1.82) is 0 Å². The quantitative estimate of drug-likeness (QED) is 0.818. The van der Waals surface area contributed by atoms with Gasteiger partial charge in [-0.05, 0) is 25.7 Å². The van der Waals surface area contributed by atoms with Gasteiger partial charge in [0, 0.05) is 19.2 Å². The molecule has 132 valence electrons. The lowest BCUT2D eigenvalue weighted by Crippen LogP contribution is -2.45. The Morgan fingerprint density at radius 2 is 1.79 bits per heavy atom. The number of aromatic carboxylic acids is 1. The van der Waals surface area contributed by atoms with Crippen LogP contribution in [0.3, 0.4) is 0 Å². The van der Waals surface area contributed by atoms with Gasteiger partial charge in [0.2, 0.25) is 0 Å². The average Bonchev–Trinajstić information content (AvgIpc) is 2.56. The van der Waals surface area contributed by atoms with Crippen molar-refractivity contribution in [2.75, 3.05) is 14.2 Å². The lowest BCUT2D eigenvalue weighted by atomic mass is 9.83. The van der Waals surface area contributed by atoms with E-state index in [1.54, 1.807) is 0 Å². The van der Waals surface area contributed by atoms with Crippen LogP contribution in [-0.2, 0) is 9.53 Å². The molecule has 0 radical (unpaired) electrons. The van der Waals surface area contributed by atoms with Gasteiger partial charge >= 0.3 is 11.9 Å². The first-order chi connectivity index (χ1) is 11.3. The van der Waals surface area contributed by atoms with Crippen molar-refractivity contribution in [3.05, 3.63) is 23.5 Å². The number of methoxy groups -OCH3 is 2. The molecule has 1 aliphatic carbocycles. The lowest BCUT2D eigenvalue weighted by molar-refractivity contribution is -0.168. The lowest BCUT2D eigenvalue weighted by Gasteiger charge is -2.35. The zero-order valence-corrected chi connectivity index (χ0v) is 13.4. The molecule has 1 fully saturated rings. The number of carboxylic acids is 2. The van der Waals surface area contributed by atoms with E-state index < -0.39 is 29.5 Å². The third kappa shape index (κ3) is 3.43. The van der Waals surface area contributed by atoms with Crippen LogP contribution in [0, 0.1) is 5.82 Å². The van der Waals surface area contributed by atoms with Crippen LogP contribution < -0.4 is 9.47 Å². The van der Waals surface area contributed by atoms with Crippen LogP contribution in [0.15, 0.2) is 12.1 Å². The largest absolute Gasteiger partial charge is 0.496 e. The van der Waals surface area contributed by atoms with E-state index in [2.05, 4.69) is 0 Å². The van der Waals surface area contributed by atoms with E-state index in [0.29, 0.717) is 12.8 Å². The van der Waals surface area contributed by atoms with Gasteiger partial charge in [-0.2, -0.15) is 0 Å². The second-order valence-electron chi connectivity index (χ2n) is 5.61. The fourth-order valence-corrected chi connectivity index (χ4v) is 2.82. The molecule has 1 aromatic carbocycles. The highest BCUT2D eigenvalue weighted by molar-refractivity contribution is 5.91. The van der Waals surface area contributed by atoms with Crippen molar-refractivity contribution in [3.63, 3.8) is 0 Å². The molecular formula is C16H19FO7. The standard InChI is InChI=1S/C16H19FO7/c1-22-12-8-11(17)13(7-10(12)14(18)19)24-9-3-5-16(23-2,6-4-9)15(20)21/h7-9H,3-6H2,1-2H3,(H,18,19)(H,20,21). The first-order valence-electron chi connectivity index (χ1n) is 7.39. The molecular weight excluding hydrogens is 323 g/mol. The average molecular weight is 342 g/mol. The monoisotopic (exact) mass is 342 g/mol. The Balaban J connectivity index is 2.14. The summed E-state index contributed by atoms with van der Waals surface area (Å²) in [6.07, 6.45) is 0.750. The predicted octanol–water partition coefficient (Wildman–Crippen LogP) is 2.32. The maximum atomic E-state index is 14.1. The Kier molecular flexibility index (Phi) is 5.28. The highest BCUT2D eigenvalue weighted by atomic mass is 19.1. The van der Waals surface area contributed by atoms with E-state index in [9.17, 15) is 19.1 Å². The molecule has 0 saturated heterocycles. The summed E-state index contributed by atoms with van der Waals surface area (Å²) < 4.78 is 29.6. The van der Waals surface area contributed by atoms with Gasteiger partial charge in [-0.3, -0.25) is 0 Å². The van der Waals surface area contributed by atoms with Crippen LogP contribution in [-0.4, -0.2) is 48.1 Å². The molecule has 24 heavy (non-hydrogen) atoms. The molecule has 1 aliphatic rings. The summed E-state index contributed by atoms with van der Waals surface area (Å²) in [6.45, 7) is 0. The number of halogens is 1. The van der Waals surface area contributed by atoms with Gasteiger partial charge in [0.1, 0.15) is 11.3 Å². The highest BCUT2D eigenvalue weighted by Gasteiger charge is 2.43. The minimum atomic E-state index is -1.26. The molecule has 2 rings (SSSR count). The van der Waals surface area contributed by atoms with E-state index in [1.807, 2.05) is 0 Å². The number of aliphatic carboxylic acids is 1. The fraction of sp³-hybridized carbons (Fsp3) is 0.500. The Hall–Kier alpha value is -2.35. The van der Waals surface area contributed by atoms with Crippen molar-refractivity contribution in [2.24, 2.45) is 0 Å². The van der Waals surface area contributed by atoms with Crippen LogP contribution in [0.1, 0.15) is 36.0 Å². The Labute approximate surface area is 137 Å². The molecule has 0 atom stereocenters. The minimum absolute atomic E-state index is 0.0970. The summed E-state index contributed by atoms with van der Waals surface area (Å²) in [6, 6.07) is 2.03. The van der Waals surface area contributed by atoms with Crippen molar-refractivity contribution >= 4 is 11.9 Å². The predicted molar refractivity (Wildman–Crippen MR) is 80.2 cm³/mol. The first kappa shape index (κ1) is 18.0. The van der Waals surface area contributed by atoms with Gasteiger partial charge in [-0.25, -0.2) is 14.0 Å². The Morgan fingerprint density at radius 1 is 1.17 bits per heavy atom. The molecule has 0 aromatic heterocycles. The van der Waals surface area contributed by atoms with Gasteiger partial charge in [0.25, 0.3) is 0 Å². The minimum Gasteiger partial charge on any atom is -0.496 e. The maximum Gasteiger partial charge on any atom is 0.339 e. The number of benzene rings is 1. The second-order valence-corrected chi connectivity index (χ2v) is 5.61. The molecule has 0 spiro atoms. The van der Waals surface area contributed by atoms with Crippen LogP contribution in [0.25, 0.3) is 0 Å². The van der Waals surface area contributed by atoms with Gasteiger partial charge < -0.3 is 24.4 Å². The molecule has 0 heterocycles. The third-order valence-corrected chi connectivity index (χ3v) is 4.30. The highest BCUT2D eigenvalue weighted by Crippen LogP contribution is 2.35. The summed E-state index contributed by atoms with van der Waals surface area (Å²) in [5, 5.41) is 18.4. The van der Waals surface area contributed by atoms with Crippen molar-refractivity contribution in [3.8, 4) is 11.5 Å². The van der Waals surface area contributed by atoms with Crippen LogP contribution in [0.2, 0.25) is 0 Å². The Morgan fingerprint density at radius 3 is 2.25 bits per heavy atom. The second kappa shape index (κ2) is 7.04. The summed E-state index contributed by atoms with van der Waals surface area (Å²) in [5.74, 6) is -3.32. The first-order valence-corrected chi connectivity index (χ1v) is 7.39. The number of carboxylic acid groups (broad SMARTS) is 2. The molecule has 0 unspecified atom stereocenters. The van der Waals surface area contributed by atoms with E-state index in [4.69, 9.17) is 19.3 Å². The molecule has 0 aliphatic heterocycles. The molecule has 1 saturated carbocycles. The zero-order valence-electron chi connectivity index (χ0n) is 13.4. The van der Waals surface area contributed by atoms with Crippen molar-refractivity contribution < 1.29 is 38.4 Å². The molecule has 7 nitrogen and oxygen atoms in total. The number of hydrogen-bond donors (Lipinski definition) is 2. The molecule has 0 bridgehead atoms. The molecule has 2 N–H and O–H groups in total. The number of carbonyl (C=O) groups is 2. The summed E-state index contributed by atoms with van der Waals surface area (Å²) in [4.78, 5) is 22.5. The fourth-order valence-electron chi connectivity index (χ4n) is 2.82. The number of rotatable bonds is 6. The van der Waals surface area contributed by atoms with Gasteiger partial charge in [0.15, 0.2) is 17.2 Å². The van der Waals surface area contributed by atoms with Gasteiger partial charge in [0.05, 0.1) is 13.2 Å². The molecule has 0 amide bonds. The Bertz CT molecular complexity index is 636. The topological polar surface area (TPSA) is 102 Å². The summed E-state index contributed by atoms with van der Waals surface area (Å²) in [7, 11) is 2.59. The zero-order chi connectivity index (χ0) is 17.9. The van der Waals surface area contributed by atoms with E-state index in [1.165, 1.54) is 14.2 Å². The van der Waals surface area contributed by atoms with Crippen LogP contribution in [0.5, 0.6) is 11.5 Å². The van der Waals surface area contributed by atoms with Crippen LogP contribution in [0.4, 0.5) is 4.39 Å². The molecule has 8 heteroatoms. The number of hydrogen-bond acceptors (Lipinski definition) is 5. The van der Waals surface area contributed by atoms with Crippen LogP contribution >= 0.6 is 0 Å².